The highest BCUT2D eigenvalue weighted by Crippen LogP contribution is 2.36. The number of carbonyl (C=O) groups is 1. The van der Waals surface area contributed by atoms with Gasteiger partial charge in [0.1, 0.15) is 12.4 Å². The van der Waals surface area contributed by atoms with Crippen molar-refractivity contribution in [2.24, 2.45) is 0 Å². The van der Waals surface area contributed by atoms with Gasteiger partial charge in [-0.1, -0.05) is 12.1 Å². The molecule has 132 valence electrons. The highest BCUT2D eigenvalue weighted by Gasteiger charge is 2.35. The number of hydrogen-bond acceptors (Lipinski definition) is 5. The Morgan fingerprint density at radius 2 is 2.00 bits per heavy atom. The topological polar surface area (TPSA) is 69.0 Å². The second kappa shape index (κ2) is 6.23. The van der Waals surface area contributed by atoms with Crippen molar-refractivity contribution in [3.63, 3.8) is 0 Å². The summed E-state index contributed by atoms with van der Waals surface area (Å²) in [7, 11) is 0. The Morgan fingerprint density at radius 1 is 1.32 bits per heavy atom. The zero-order chi connectivity index (χ0) is 18.2. The average molecular weight is 352 g/mol. The smallest absolute Gasteiger partial charge is 0.416 e. The molecular formula is C16H15F3N4O2. The summed E-state index contributed by atoms with van der Waals surface area (Å²) in [5.41, 5.74) is 0.509. The molecule has 0 saturated heterocycles. The lowest BCUT2D eigenvalue weighted by molar-refractivity contribution is -0.139. The van der Waals surface area contributed by atoms with Crippen LogP contribution in [-0.4, -0.2) is 27.3 Å². The summed E-state index contributed by atoms with van der Waals surface area (Å²) in [6.45, 7) is 3.54. The van der Waals surface area contributed by atoms with Crippen LogP contribution in [0.1, 0.15) is 31.0 Å². The van der Waals surface area contributed by atoms with E-state index in [1.807, 2.05) is 0 Å². The summed E-state index contributed by atoms with van der Waals surface area (Å²) in [5.74, 6) is -0.158. The fraction of sp³-hybridized carbons (Fsp3) is 0.312. The van der Waals surface area contributed by atoms with Gasteiger partial charge in [-0.15, -0.1) is 0 Å². The predicted octanol–water partition coefficient (Wildman–Crippen LogP) is 3.15. The molecule has 0 aliphatic carbocycles. The van der Waals surface area contributed by atoms with Crippen LogP contribution >= 0.6 is 0 Å². The first-order chi connectivity index (χ1) is 11.8. The molecule has 1 unspecified atom stereocenters. The highest BCUT2D eigenvalue weighted by molar-refractivity contribution is 5.92. The Bertz CT molecular complexity index is 825. The number of benzene rings is 1. The molecule has 1 N–H and O–H groups in total. The van der Waals surface area contributed by atoms with E-state index >= 15 is 0 Å². The molecule has 0 radical (unpaired) electrons. The Labute approximate surface area is 141 Å². The lowest BCUT2D eigenvalue weighted by Gasteiger charge is -2.28. The van der Waals surface area contributed by atoms with Crippen molar-refractivity contribution < 1.29 is 22.7 Å². The van der Waals surface area contributed by atoms with E-state index in [-0.39, 0.29) is 12.2 Å². The van der Waals surface area contributed by atoms with Gasteiger partial charge >= 0.3 is 12.1 Å². The predicted molar refractivity (Wildman–Crippen MR) is 82.6 cm³/mol. The molecule has 1 aromatic heterocycles. The summed E-state index contributed by atoms with van der Waals surface area (Å²) < 4.78 is 44.9. The fourth-order valence-corrected chi connectivity index (χ4v) is 2.73. The minimum Gasteiger partial charge on any atom is -0.463 e. The number of carbonyl (C=O) groups excluding carboxylic acids is 1. The number of hydrogen-bond donors (Lipinski definition) is 1. The Morgan fingerprint density at radius 3 is 2.60 bits per heavy atom. The van der Waals surface area contributed by atoms with Crippen LogP contribution in [0, 0.1) is 0 Å². The molecule has 25 heavy (non-hydrogen) atoms. The van der Waals surface area contributed by atoms with Gasteiger partial charge in [0.2, 0.25) is 5.95 Å². The maximum Gasteiger partial charge on any atom is 0.416 e. The number of rotatable bonds is 3. The lowest BCUT2D eigenvalue weighted by Crippen LogP contribution is -2.29. The van der Waals surface area contributed by atoms with Crippen molar-refractivity contribution in [1.29, 1.82) is 0 Å². The van der Waals surface area contributed by atoms with E-state index in [1.54, 1.807) is 13.8 Å². The van der Waals surface area contributed by atoms with Gasteiger partial charge in [-0.3, -0.25) is 0 Å². The number of nitrogens with zero attached hydrogens (tertiary/aromatic N) is 3. The summed E-state index contributed by atoms with van der Waals surface area (Å²) in [4.78, 5) is 16.4. The molecule has 0 bridgehead atoms. The van der Waals surface area contributed by atoms with Crippen LogP contribution in [0.25, 0.3) is 0 Å². The number of esters is 1. The van der Waals surface area contributed by atoms with Crippen molar-refractivity contribution in [1.82, 2.24) is 14.8 Å². The van der Waals surface area contributed by atoms with Crippen molar-refractivity contribution in [3.05, 3.63) is 53.0 Å². The molecule has 6 nitrogen and oxygen atoms in total. The second-order valence-electron chi connectivity index (χ2n) is 5.43. The molecule has 0 saturated carbocycles. The van der Waals surface area contributed by atoms with Gasteiger partial charge < -0.3 is 10.1 Å². The third-order valence-corrected chi connectivity index (χ3v) is 3.84. The molecule has 0 amide bonds. The van der Waals surface area contributed by atoms with E-state index in [9.17, 15) is 18.0 Å². The van der Waals surface area contributed by atoms with Crippen molar-refractivity contribution in [2.45, 2.75) is 26.1 Å². The number of allylic oxidation sites excluding steroid dienone is 1. The van der Waals surface area contributed by atoms with Gasteiger partial charge in [0.15, 0.2) is 0 Å². The highest BCUT2D eigenvalue weighted by atomic mass is 19.4. The van der Waals surface area contributed by atoms with Crippen molar-refractivity contribution >= 4 is 11.9 Å². The molecule has 1 aliphatic rings. The number of aromatic nitrogens is 3. The first kappa shape index (κ1) is 17.0. The minimum absolute atomic E-state index is 0.180. The van der Waals surface area contributed by atoms with E-state index in [1.165, 1.54) is 23.1 Å². The molecule has 2 heterocycles. The van der Waals surface area contributed by atoms with Gasteiger partial charge in [-0.05, 0) is 31.5 Å². The first-order valence-corrected chi connectivity index (χ1v) is 7.54. The largest absolute Gasteiger partial charge is 0.463 e. The van der Waals surface area contributed by atoms with E-state index < -0.39 is 23.8 Å². The monoisotopic (exact) mass is 352 g/mol. The SMILES string of the molecule is CCOC(=O)C1=C(C)Nc2ncnn2C1c1ccc(C(F)(F)F)cc1. The molecule has 1 aliphatic heterocycles. The molecule has 1 aromatic carbocycles. The van der Waals surface area contributed by atoms with Crippen LogP contribution in [0.4, 0.5) is 19.1 Å². The zero-order valence-electron chi connectivity index (χ0n) is 13.5. The standard InChI is InChI=1S/C16H15F3N4O2/c1-3-25-14(24)12-9(2)22-15-20-8-21-23(15)13(12)10-4-6-11(7-5-10)16(17,18)19/h4-8,13H,3H2,1-2H3,(H,20,21,22). The van der Waals surface area contributed by atoms with Crippen LogP contribution in [0.3, 0.4) is 0 Å². The number of fused-ring (bicyclic) bond motifs is 1. The molecule has 1 atom stereocenters. The summed E-state index contributed by atoms with van der Waals surface area (Å²) in [5, 5.41) is 7.04. The van der Waals surface area contributed by atoms with Crippen LogP contribution < -0.4 is 5.32 Å². The van der Waals surface area contributed by atoms with Crippen LogP contribution in [-0.2, 0) is 15.7 Å². The Hall–Kier alpha value is -2.84. The molecule has 0 spiro atoms. The number of ether oxygens (including phenoxy) is 1. The summed E-state index contributed by atoms with van der Waals surface area (Å²) >= 11 is 0. The van der Waals surface area contributed by atoms with E-state index in [2.05, 4.69) is 15.4 Å². The second-order valence-corrected chi connectivity index (χ2v) is 5.43. The number of anilines is 1. The Kier molecular flexibility index (Phi) is 4.23. The molecule has 9 heteroatoms. The lowest BCUT2D eigenvalue weighted by atomic mass is 9.95. The van der Waals surface area contributed by atoms with E-state index in [0.717, 1.165) is 12.1 Å². The Balaban J connectivity index is 2.08. The third kappa shape index (κ3) is 3.09. The van der Waals surface area contributed by atoms with Gasteiger partial charge in [0.25, 0.3) is 0 Å². The van der Waals surface area contributed by atoms with Crippen molar-refractivity contribution in [3.8, 4) is 0 Å². The van der Waals surface area contributed by atoms with Crippen molar-refractivity contribution in [2.75, 3.05) is 11.9 Å². The van der Waals surface area contributed by atoms with Gasteiger partial charge in [-0.2, -0.15) is 23.3 Å². The molecular weight excluding hydrogens is 337 g/mol. The zero-order valence-corrected chi connectivity index (χ0v) is 13.5. The molecule has 2 aromatic rings. The average Bonchev–Trinajstić information content (AvgIpc) is 3.00. The molecule has 3 rings (SSSR count). The number of nitrogens with one attached hydrogen (secondary N) is 1. The molecule has 0 fully saturated rings. The van der Waals surface area contributed by atoms with E-state index in [0.29, 0.717) is 17.2 Å². The normalized spacial score (nSPS) is 17.1. The van der Waals surface area contributed by atoms with Gasteiger partial charge in [0.05, 0.1) is 17.7 Å². The van der Waals surface area contributed by atoms with Gasteiger partial charge in [0, 0.05) is 5.70 Å². The van der Waals surface area contributed by atoms with Crippen LogP contribution in [0.2, 0.25) is 0 Å². The minimum atomic E-state index is -4.43. The summed E-state index contributed by atoms with van der Waals surface area (Å²) in [6.07, 6.45) is -3.12. The van der Waals surface area contributed by atoms with Gasteiger partial charge in [-0.25, -0.2) is 9.48 Å². The first-order valence-electron chi connectivity index (χ1n) is 7.54. The van der Waals surface area contributed by atoms with E-state index in [4.69, 9.17) is 4.74 Å². The number of halogens is 3. The number of alkyl halides is 3. The third-order valence-electron chi connectivity index (χ3n) is 3.84. The summed E-state index contributed by atoms with van der Waals surface area (Å²) in [6, 6.07) is 3.89. The fourth-order valence-electron chi connectivity index (χ4n) is 2.73. The van der Waals surface area contributed by atoms with Crippen LogP contribution in [0.15, 0.2) is 41.9 Å². The maximum absolute atomic E-state index is 12.8. The maximum atomic E-state index is 12.8. The van der Waals surface area contributed by atoms with Crippen LogP contribution in [0.5, 0.6) is 0 Å². The quantitative estimate of drug-likeness (QED) is 0.860.